The van der Waals surface area contributed by atoms with Gasteiger partial charge < -0.3 is 9.47 Å². The zero-order chi connectivity index (χ0) is 20.9. The van der Waals surface area contributed by atoms with Crippen LogP contribution >= 0.6 is 0 Å². The predicted molar refractivity (Wildman–Crippen MR) is 119 cm³/mol. The molecule has 0 bridgehead atoms. The number of hydrogen-bond donors (Lipinski definition) is 0. The lowest BCUT2D eigenvalue weighted by Gasteiger charge is -2.25. The minimum absolute atomic E-state index is 0.0458. The van der Waals surface area contributed by atoms with Gasteiger partial charge in [-0.1, -0.05) is 86.7 Å². The maximum atomic E-state index is 13.1. The van der Waals surface area contributed by atoms with Crippen LogP contribution < -0.4 is 4.74 Å². The third-order valence-corrected chi connectivity index (χ3v) is 5.53. The molecule has 0 radical (unpaired) electrons. The number of carbonyl (C=O) groups is 1. The van der Waals surface area contributed by atoms with Crippen LogP contribution in [0, 0.1) is 11.8 Å². The number of hydrogen-bond acceptors (Lipinski definition) is 3. The summed E-state index contributed by atoms with van der Waals surface area (Å²) in [6.07, 6.45) is 4.23. The lowest BCUT2D eigenvalue weighted by molar-refractivity contribution is -0.152. The van der Waals surface area contributed by atoms with Crippen molar-refractivity contribution >= 4 is 12.0 Å². The van der Waals surface area contributed by atoms with Crippen molar-refractivity contribution in [2.24, 2.45) is 11.8 Å². The van der Waals surface area contributed by atoms with Crippen LogP contribution in [0.4, 0.5) is 0 Å². The molecule has 2 atom stereocenters. The van der Waals surface area contributed by atoms with Gasteiger partial charge in [0.1, 0.15) is 18.1 Å². The molecule has 0 fully saturated rings. The molecule has 0 spiro atoms. The molecule has 4 rings (SSSR count). The summed E-state index contributed by atoms with van der Waals surface area (Å²) in [6.45, 7) is 4.34. The summed E-state index contributed by atoms with van der Waals surface area (Å²) in [4.78, 5) is 13.1. The van der Waals surface area contributed by atoms with Crippen molar-refractivity contribution in [2.45, 2.75) is 26.4 Å². The van der Waals surface area contributed by atoms with Crippen LogP contribution in [-0.2, 0) is 16.1 Å². The van der Waals surface area contributed by atoms with E-state index in [1.165, 1.54) is 11.1 Å². The fourth-order valence-electron chi connectivity index (χ4n) is 4.01. The topological polar surface area (TPSA) is 35.5 Å². The number of ether oxygens (including phenoxy) is 2. The molecule has 1 aliphatic carbocycles. The summed E-state index contributed by atoms with van der Waals surface area (Å²) in [5, 5.41) is 0. The number of fused-ring (bicyclic) bond motifs is 1. The smallest absolute Gasteiger partial charge is 0.310 e. The summed E-state index contributed by atoms with van der Waals surface area (Å²) in [5.74, 6) is 1.25. The molecule has 30 heavy (non-hydrogen) atoms. The van der Waals surface area contributed by atoms with Crippen molar-refractivity contribution in [1.29, 1.82) is 0 Å². The van der Waals surface area contributed by atoms with Gasteiger partial charge in [0, 0.05) is 11.5 Å². The van der Waals surface area contributed by atoms with Crippen LogP contribution in [-0.4, -0.2) is 5.97 Å². The van der Waals surface area contributed by atoms with Gasteiger partial charge in [-0.2, -0.15) is 0 Å². The summed E-state index contributed by atoms with van der Waals surface area (Å²) >= 11 is 0. The van der Waals surface area contributed by atoms with Crippen molar-refractivity contribution in [1.82, 2.24) is 0 Å². The van der Waals surface area contributed by atoms with Gasteiger partial charge in [0.15, 0.2) is 0 Å². The van der Waals surface area contributed by atoms with E-state index in [1.807, 2.05) is 66.7 Å². The molecule has 0 heterocycles. The van der Waals surface area contributed by atoms with E-state index in [4.69, 9.17) is 9.47 Å². The Hall–Kier alpha value is -3.33. The van der Waals surface area contributed by atoms with Gasteiger partial charge in [0.05, 0.1) is 5.92 Å². The Bertz CT molecular complexity index is 1040. The first kappa shape index (κ1) is 20.0. The summed E-state index contributed by atoms with van der Waals surface area (Å²) in [6, 6.07) is 25.5. The van der Waals surface area contributed by atoms with Gasteiger partial charge in [-0.3, -0.25) is 4.79 Å². The van der Waals surface area contributed by atoms with Crippen LogP contribution in [0.5, 0.6) is 11.5 Å². The minimum atomic E-state index is -0.230. The Balaban J connectivity index is 1.48. The SMILES string of the molecule is CC(C)C(C(=O)OCc1ccccc1Oc1ccccc1)C1C=Cc2ccccc21. The summed E-state index contributed by atoms with van der Waals surface area (Å²) in [5.41, 5.74) is 3.23. The van der Waals surface area contributed by atoms with Crippen molar-refractivity contribution < 1.29 is 14.3 Å². The highest BCUT2D eigenvalue weighted by Gasteiger charge is 2.34. The highest BCUT2D eigenvalue weighted by atomic mass is 16.5. The van der Waals surface area contributed by atoms with E-state index >= 15 is 0 Å². The van der Waals surface area contributed by atoms with Crippen LogP contribution in [0.2, 0.25) is 0 Å². The molecule has 0 saturated carbocycles. The van der Waals surface area contributed by atoms with Gasteiger partial charge in [0.25, 0.3) is 0 Å². The zero-order valence-electron chi connectivity index (χ0n) is 17.3. The second-order valence-electron chi connectivity index (χ2n) is 7.91. The van der Waals surface area contributed by atoms with Crippen LogP contribution in [0.25, 0.3) is 6.08 Å². The molecule has 152 valence electrons. The van der Waals surface area contributed by atoms with Crippen molar-refractivity contribution in [3.05, 3.63) is 102 Å². The van der Waals surface area contributed by atoms with Gasteiger partial charge in [-0.25, -0.2) is 0 Å². The molecule has 0 saturated heterocycles. The lowest BCUT2D eigenvalue weighted by Crippen LogP contribution is -2.27. The molecule has 0 aromatic heterocycles. The van der Waals surface area contributed by atoms with Crippen molar-refractivity contribution in [2.75, 3.05) is 0 Å². The van der Waals surface area contributed by atoms with Crippen LogP contribution in [0.15, 0.2) is 84.9 Å². The third-order valence-electron chi connectivity index (χ3n) is 5.53. The van der Waals surface area contributed by atoms with Gasteiger partial charge in [-0.05, 0) is 35.2 Å². The molecule has 3 heteroatoms. The maximum Gasteiger partial charge on any atom is 0.310 e. The molecular weight excluding hydrogens is 372 g/mol. The average Bonchev–Trinajstić information content (AvgIpc) is 3.17. The van der Waals surface area contributed by atoms with Crippen LogP contribution in [0.3, 0.4) is 0 Å². The van der Waals surface area contributed by atoms with Gasteiger partial charge in [-0.15, -0.1) is 0 Å². The van der Waals surface area contributed by atoms with Gasteiger partial charge in [0.2, 0.25) is 0 Å². The second kappa shape index (κ2) is 9.00. The molecular formula is C27H26O3. The standard InChI is InChI=1S/C27H26O3/c1-19(2)26(24-17-16-20-10-6-8-14-23(20)24)27(28)29-18-21-11-7-9-15-25(21)30-22-12-4-3-5-13-22/h3-17,19,24,26H,18H2,1-2H3. The zero-order valence-corrected chi connectivity index (χ0v) is 17.3. The summed E-state index contributed by atoms with van der Waals surface area (Å²) < 4.78 is 11.8. The lowest BCUT2D eigenvalue weighted by atomic mass is 9.80. The summed E-state index contributed by atoms with van der Waals surface area (Å²) in [7, 11) is 0. The molecule has 3 nitrogen and oxygen atoms in total. The van der Waals surface area contributed by atoms with Crippen molar-refractivity contribution in [3.8, 4) is 11.5 Å². The number of esters is 1. The molecule has 3 aromatic carbocycles. The molecule has 1 aliphatic rings. The normalized spacial score (nSPS) is 15.6. The Morgan fingerprint density at radius 2 is 1.60 bits per heavy atom. The Morgan fingerprint density at radius 1 is 0.900 bits per heavy atom. The molecule has 0 aliphatic heterocycles. The number of allylic oxidation sites excluding steroid dienone is 1. The second-order valence-corrected chi connectivity index (χ2v) is 7.91. The van der Waals surface area contributed by atoms with E-state index in [2.05, 4.69) is 38.1 Å². The predicted octanol–water partition coefficient (Wildman–Crippen LogP) is 6.60. The Kier molecular flexibility index (Phi) is 5.99. The minimum Gasteiger partial charge on any atom is -0.460 e. The first-order chi connectivity index (χ1) is 14.6. The van der Waals surface area contributed by atoms with E-state index in [9.17, 15) is 4.79 Å². The first-order valence-corrected chi connectivity index (χ1v) is 10.4. The Morgan fingerprint density at radius 3 is 2.40 bits per heavy atom. The number of carbonyl (C=O) groups excluding carboxylic acids is 1. The molecule has 0 amide bonds. The number of rotatable bonds is 7. The maximum absolute atomic E-state index is 13.1. The van der Waals surface area contributed by atoms with E-state index in [0.29, 0.717) is 5.75 Å². The van der Waals surface area contributed by atoms with Gasteiger partial charge >= 0.3 is 5.97 Å². The third kappa shape index (κ3) is 4.30. The fourth-order valence-corrected chi connectivity index (χ4v) is 4.01. The van der Waals surface area contributed by atoms with E-state index in [-0.39, 0.29) is 30.3 Å². The molecule has 2 unspecified atom stereocenters. The quantitative estimate of drug-likeness (QED) is 0.420. The highest BCUT2D eigenvalue weighted by molar-refractivity contribution is 5.77. The first-order valence-electron chi connectivity index (χ1n) is 10.4. The van der Waals surface area contributed by atoms with E-state index in [1.54, 1.807) is 0 Å². The van der Waals surface area contributed by atoms with E-state index < -0.39 is 0 Å². The molecule has 0 N–H and O–H groups in total. The van der Waals surface area contributed by atoms with Crippen molar-refractivity contribution in [3.63, 3.8) is 0 Å². The fraction of sp³-hybridized carbons (Fsp3) is 0.222. The average molecular weight is 399 g/mol. The number of benzene rings is 3. The monoisotopic (exact) mass is 398 g/mol. The number of para-hydroxylation sites is 2. The highest BCUT2D eigenvalue weighted by Crippen LogP contribution is 2.39. The molecule has 3 aromatic rings. The van der Waals surface area contributed by atoms with E-state index in [0.717, 1.165) is 11.3 Å². The largest absolute Gasteiger partial charge is 0.460 e. The van der Waals surface area contributed by atoms with Crippen LogP contribution in [0.1, 0.15) is 36.5 Å². The Labute approximate surface area is 178 Å².